The first-order valence-corrected chi connectivity index (χ1v) is 9.30. The molecule has 25 heavy (non-hydrogen) atoms. The van der Waals surface area contributed by atoms with E-state index in [-0.39, 0.29) is 5.91 Å². The summed E-state index contributed by atoms with van der Waals surface area (Å²) in [5.74, 6) is 0.594. The summed E-state index contributed by atoms with van der Waals surface area (Å²) in [5, 5.41) is 8.10. The molecule has 0 spiro atoms. The van der Waals surface area contributed by atoms with Crippen LogP contribution in [0.5, 0.6) is 0 Å². The molecule has 1 aliphatic rings. The van der Waals surface area contributed by atoms with Crippen molar-refractivity contribution in [3.05, 3.63) is 70.4 Å². The number of amides is 1. The predicted octanol–water partition coefficient (Wildman–Crippen LogP) is 4.28. The van der Waals surface area contributed by atoms with Crippen molar-refractivity contribution in [1.29, 1.82) is 0 Å². The van der Waals surface area contributed by atoms with Gasteiger partial charge in [-0.25, -0.2) is 0 Å². The van der Waals surface area contributed by atoms with Crippen LogP contribution in [0.25, 0.3) is 11.3 Å². The molecule has 4 rings (SSSR count). The van der Waals surface area contributed by atoms with Gasteiger partial charge in [0.1, 0.15) is 0 Å². The fourth-order valence-corrected chi connectivity index (χ4v) is 4.36. The first-order valence-electron chi connectivity index (χ1n) is 7.94. The van der Waals surface area contributed by atoms with Gasteiger partial charge in [0.15, 0.2) is 5.69 Å². The zero-order chi connectivity index (χ0) is 17.4. The molecule has 0 aliphatic carbocycles. The number of benzene rings is 2. The van der Waals surface area contributed by atoms with Gasteiger partial charge in [-0.1, -0.05) is 41.9 Å². The molecule has 0 saturated heterocycles. The lowest BCUT2D eigenvalue weighted by molar-refractivity contribution is 0.0944. The van der Waals surface area contributed by atoms with Crippen LogP contribution in [0.1, 0.15) is 21.6 Å². The number of fused-ring (bicyclic) bond motifs is 3. The lowest BCUT2D eigenvalue weighted by Gasteiger charge is -2.16. The fraction of sp³-hybridized carbons (Fsp3) is 0.158. The predicted molar refractivity (Wildman–Crippen MR) is 101 cm³/mol. The van der Waals surface area contributed by atoms with E-state index in [0.29, 0.717) is 17.3 Å². The van der Waals surface area contributed by atoms with Crippen molar-refractivity contribution in [3.63, 3.8) is 0 Å². The summed E-state index contributed by atoms with van der Waals surface area (Å²) in [6.45, 7) is 0.425. The van der Waals surface area contributed by atoms with Crippen molar-refractivity contribution in [2.75, 3.05) is 0 Å². The molecule has 0 radical (unpaired) electrons. The quantitative estimate of drug-likeness (QED) is 0.749. The summed E-state index contributed by atoms with van der Waals surface area (Å²) < 4.78 is 1.81. The van der Waals surface area contributed by atoms with Crippen LogP contribution in [0, 0.1) is 0 Å². The highest BCUT2D eigenvalue weighted by Gasteiger charge is 2.27. The number of aromatic nitrogens is 2. The summed E-state index contributed by atoms with van der Waals surface area (Å²) in [4.78, 5) is 13.9. The highest BCUT2D eigenvalue weighted by Crippen LogP contribution is 2.42. The number of carbonyl (C=O) groups is 1. The van der Waals surface area contributed by atoms with Gasteiger partial charge in [0.2, 0.25) is 0 Å². The van der Waals surface area contributed by atoms with Crippen LogP contribution in [0.15, 0.2) is 53.4 Å². The van der Waals surface area contributed by atoms with E-state index < -0.39 is 0 Å². The Morgan fingerprint density at radius 2 is 2.12 bits per heavy atom. The number of thioether (sulfide) groups is 1. The molecule has 0 bridgehead atoms. The smallest absolute Gasteiger partial charge is 0.272 e. The summed E-state index contributed by atoms with van der Waals surface area (Å²) >= 11 is 7.73. The normalized spacial score (nSPS) is 12.4. The van der Waals surface area contributed by atoms with E-state index in [1.807, 2.05) is 48.1 Å². The standard InChI is InChI=1S/C19H16ClN3OS/c1-23-18-14-7-2-3-8-16(14)25-11-15(18)17(22-23)19(24)21-10-12-5-4-6-13(20)9-12/h2-9H,10-11H2,1H3,(H,21,24). The lowest BCUT2D eigenvalue weighted by Crippen LogP contribution is -2.24. The van der Waals surface area contributed by atoms with E-state index in [9.17, 15) is 4.79 Å². The van der Waals surface area contributed by atoms with Crippen LogP contribution in [0.4, 0.5) is 0 Å². The Balaban J connectivity index is 1.61. The summed E-state index contributed by atoms with van der Waals surface area (Å²) in [6, 6.07) is 15.7. The Morgan fingerprint density at radius 3 is 2.96 bits per heavy atom. The second-order valence-electron chi connectivity index (χ2n) is 5.90. The van der Waals surface area contributed by atoms with Gasteiger partial charge in [0.05, 0.1) is 5.69 Å². The van der Waals surface area contributed by atoms with Crippen molar-refractivity contribution >= 4 is 29.3 Å². The lowest BCUT2D eigenvalue weighted by atomic mass is 10.1. The maximum atomic E-state index is 12.7. The minimum atomic E-state index is -0.156. The zero-order valence-corrected chi connectivity index (χ0v) is 15.2. The van der Waals surface area contributed by atoms with Crippen LogP contribution in [0.3, 0.4) is 0 Å². The van der Waals surface area contributed by atoms with Crippen LogP contribution in [-0.2, 0) is 19.3 Å². The van der Waals surface area contributed by atoms with Crippen LogP contribution in [0.2, 0.25) is 5.02 Å². The van der Waals surface area contributed by atoms with E-state index >= 15 is 0 Å². The Kier molecular flexibility index (Phi) is 4.27. The fourth-order valence-electron chi connectivity index (χ4n) is 3.07. The van der Waals surface area contributed by atoms with Crippen molar-refractivity contribution in [3.8, 4) is 11.3 Å². The van der Waals surface area contributed by atoms with E-state index in [2.05, 4.69) is 22.5 Å². The van der Waals surface area contributed by atoms with Gasteiger partial charge < -0.3 is 5.32 Å². The van der Waals surface area contributed by atoms with Gasteiger partial charge in [-0.15, -0.1) is 11.8 Å². The van der Waals surface area contributed by atoms with Crippen LogP contribution in [-0.4, -0.2) is 15.7 Å². The molecule has 1 N–H and O–H groups in total. The Labute approximate surface area is 155 Å². The van der Waals surface area contributed by atoms with Gasteiger partial charge in [-0.3, -0.25) is 9.48 Å². The SMILES string of the molecule is Cn1nc(C(=O)NCc2cccc(Cl)c2)c2c1-c1ccccc1SC2. The van der Waals surface area contributed by atoms with Crippen molar-refractivity contribution in [2.24, 2.45) is 7.05 Å². The minimum Gasteiger partial charge on any atom is -0.347 e. The Bertz CT molecular complexity index is 967. The van der Waals surface area contributed by atoms with Gasteiger partial charge in [0.25, 0.3) is 5.91 Å². The molecule has 1 aliphatic heterocycles. The summed E-state index contributed by atoms with van der Waals surface area (Å²) in [5.41, 5.74) is 4.63. The molecule has 0 saturated carbocycles. The van der Waals surface area contributed by atoms with Gasteiger partial charge in [-0.2, -0.15) is 5.10 Å². The highest BCUT2D eigenvalue weighted by atomic mass is 35.5. The van der Waals surface area contributed by atoms with Gasteiger partial charge in [-0.05, 0) is 23.8 Å². The number of hydrogen-bond acceptors (Lipinski definition) is 3. The van der Waals surface area contributed by atoms with Crippen molar-refractivity contribution in [2.45, 2.75) is 17.2 Å². The third-order valence-corrected chi connectivity index (χ3v) is 5.55. The van der Waals surface area contributed by atoms with E-state index in [0.717, 1.165) is 28.1 Å². The largest absolute Gasteiger partial charge is 0.347 e. The number of rotatable bonds is 3. The van der Waals surface area contributed by atoms with Crippen molar-refractivity contribution in [1.82, 2.24) is 15.1 Å². The number of hydrogen-bond donors (Lipinski definition) is 1. The first kappa shape index (κ1) is 16.2. The molecule has 6 heteroatoms. The second kappa shape index (κ2) is 6.58. The van der Waals surface area contributed by atoms with Crippen molar-refractivity contribution < 1.29 is 4.79 Å². The third-order valence-electron chi connectivity index (χ3n) is 4.22. The summed E-state index contributed by atoms with van der Waals surface area (Å²) in [6.07, 6.45) is 0. The molecule has 0 unspecified atom stereocenters. The first-order chi connectivity index (χ1) is 12.1. The van der Waals surface area contributed by atoms with E-state index in [4.69, 9.17) is 11.6 Å². The summed E-state index contributed by atoms with van der Waals surface area (Å²) in [7, 11) is 1.89. The number of aryl methyl sites for hydroxylation is 1. The topological polar surface area (TPSA) is 46.9 Å². The molecular formula is C19H16ClN3OS. The average Bonchev–Trinajstić information content (AvgIpc) is 2.97. The Morgan fingerprint density at radius 1 is 1.28 bits per heavy atom. The second-order valence-corrected chi connectivity index (χ2v) is 7.35. The molecule has 0 fully saturated rings. The molecule has 126 valence electrons. The van der Waals surface area contributed by atoms with E-state index in [1.54, 1.807) is 11.8 Å². The molecule has 0 atom stereocenters. The van der Waals surface area contributed by atoms with Gasteiger partial charge >= 0.3 is 0 Å². The van der Waals surface area contributed by atoms with Crippen LogP contribution >= 0.6 is 23.4 Å². The minimum absolute atomic E-state index is 0.156. The molecule has 2 aromatic carbocycles. The molecular weight excluding hydrogens is 354 g/mol. The van der Waals surface area contributed by atoms with E-state index in [1.165, 1.54) is 4.90 Å². The zero-order valence-electron chi connectivity index (χ0n) is 13.6. The number of nitrogens with zero attached hydrogens (tertiary/aromatic N) is 2. The molecule has 3 aromatic rings. The monoisotopic (exact) mass is 369 g/mol. The molecule has 1 amide bonds. The maximum absolute atomic E-state index is 12.7. The maximum Gasteiger partial charge on any atom is 0.272 e. The number of halogens is 1. The molecule has 2 heterocycles. The van der Waals surface area contributed by atoms with Gasteiger partial charge in [0, 0.05) is 40.4 Å². The average molecular weight is 370 g/mol. The number of nitrogens with one attached hydrogen (secondary N) is 1. The third kappa shape index (κ3) is 3.05. The Hall–Kier alpha value is -2.24. The van der Waals surface area contributed by atoms with Crippen LogP contribution < -0.4 is 5.32 Å². The highest BCUT2D eigenvalue weighted by molar-refractivity contribution is 7.98. The number of carbonyl (C=O) groups excluding carboxylic acids is 1. The molecule has 4 nitrogen and oxygen atoms in total. The molecule has 1 aromatic heterocycles.